The normalized spacial score (nSPS) is 35.0. The van der Waals surface area contributed by atoms with E-state index in [-0.39, 0.29) is 11.2 Å². The molecule has 0 radical (unpaired) electrons. The highest BCUT2D eigenvalue weighted by Crippen LogP contribution is 2.60. The number of carbonyl (C=O) groups is 1. The first kappa shape index (κ1) is 17.4. The lowest BCUT2D eigenvalue weighted by atomic mass is 9.49. The van der Waals surface area contributed by atoms with Crippen molar-refractivity contribution in [2.75, 3.05) is 31.1 Å². The van der Waals surface area contributed by atoms with Gasteiger partial charge in [0.05, 0.1) is 11.1 Å². The van der Waals surface area contributed by atoms with E-state index in [1.54, 1.807) is 0 Å². The van der Waals surface area contributed by atoms with Crippen LogP contribution in [-0.4, -0.2) is 47.0 Å². The molecule has 4 aliphatic carbocycles. The van der Waals surface area contributed by atoms with Gasteiger partial charge in [0.1, 0.15) is 6.33 Å². The molecule has 5 fully saturated rings. The molecule has 1 aromatic rings. The molecule has 1 amide bonds. The number of carbonyl (C=O) groups excluding carboxylic acids is 1. The third-order valence-corrected chi connectivity index (χ3v) is 7.54. The van der Waals surface area contributed by atoms with Crippen LogP contribution in [0.25, 0.3) is 0 Å². The first-order valence-corrected chi connectivity index (χ1v) is 10.6. The molecule has 1 saturated heterocycles. The van der Waals surface area contributed by atoms with Gasteiger partial charge in [0.2, 0.25) is 5.91 Å². The second-order valence-electron chi connectivity index (χ2n) is 9.29. The maximum Gasteiger partial charge on any atom is 0.228 e. The Morgan fingerprint density at radius 3 is 2.22 bits per heavy atom. The predicted molar refractivity (Wildman–Crippen MR) is 101 cm³/mol. The van der Waals surface area contributed by atoms with Crippen LogP contribution in [0.2, 0.25) is 0 Å². The maximum atomic E-state index is 14.6. The quantitative estimate of drug-likeness (QED) is 0.818. The molecule has 6 rings (SSSR count). The lowest BCUT2D eigenvalue weighted by Crippen LogP contribution is -2.58. The largest absolute Gasteiger partial charge is 0.351 e. The van der Waals surface area contributed by atoms with E-state index in [1.807, 2.05) is 11.8 Å². The van der Waals surface area contributed by atoms with E-state index in [4.69, 9.17) is 0 Å². The minimum atomic E-state index is -0.305. The second-order valence-corrected chi connectivity index (χ2v) is 9.29. The van der Waals surface area contributed by atoms with Gasteiger partial charge in [-0.25, -0.2) is 14.4 Å². The number of aromatic nitrogens is 2. The molecule has 6 heteroatoms. The number of aryl methyl sites for hydroxylation is 1. The van der Waals surface area contributed by atoms with Crippen LogP contribution >= 0.6 is 0 Å². The van der Waals surface area contributed by atoms with Crippen molar-refractivity contribution in [3.63, 3.8) is 0 Å². The van der Waals surface area contributed by atoms with Crippen LogP contribution in [0.1, 0.15) is 51.1 Å². The number of nitrogens with zero attached hydrogens (tertiary/aromatic N) is 4. The Morgan fingerprint density at radius 2 is 1.67 bits per heavy atom. The van der Waals surface area contributed by atoms with Crippen molar-refractivity contribution in [1.82, 2.24) is 14.9 Å². The van der Waals surface area contributed by atoms with Crippen LogP contribution in [-0.2, 0) is 11.2 Å². The summed E-state index contributed by atoms with van der Waals surface area (Å²) in [5.41, 5.74) is 0.388. The van der Waals surface area contributed by atoms with Gasteiger partial charge in [0, 0.05) is 26.2 Å². The summed E-state index contributed by atoms with van der Waals surface area (Å²) in [5, 5.41) is 0. The topological polar surface area (TPSA) is 49.3 Å². The molecule has 4 saturated carbocycles. The average molecular weight is 372 g/mol. The van der Waals surface area contributed by atoms with Crippen molar-refractivity contribution in [1.29, 1.82) is 0 Å². The zero-order valence-electron chi connectivity index (χ0n) is 16.2. The zero-order valence-corrected chi connectivity index (χ0v) is 16.2. The van der Waals surface area contributed by atoms with Gasteiger partial charge in [0.15, 0.2) is 11.6 Å². The minimum absolute atomic E-state index is 0.0769. The number of hydrogen-bond acceptors (Lipinski definition) is 4. The minimum Gasteiger partial charge on any atom is -0.351 e. The highest BCUT2D eigenvalue weighted by Gasteiger charge is 2.55. The van der Waals surface area contributed by atoms with E-state index < -0.39 is 0 Å². The van der Waals surface area contributed by atoms with Gasteiger partial charge in [0.25, 0.3) is 0 Å². The third-order valence-electron chi connectivity index (χ3n) is 7.54. The van der Waals surface area contributed by atoms with E-state index in [9.17, 15) is 9.18 Å². The Balaban J connectivity index is 1.28. The third kappa shape index (κ3) is 2.83. The van der Waals surface area contributed by atoms with E-state index in [0.29, 0.717) is 50.0 Å². The van der Waals surface area contributed by atoms with E-state index in [0.717, 1.165) is 37.0 Å². The van der Waals surface area contributed by atoms with Crippen LogP contribution in [0.4, 0.5) is 10.2 Å². The summed E-state index contributed by atoms with van der Waals surface area (Å²) >= 11 is 0. The number of piperazine rings is 1. The first-order valence-electron chi connectivity index (χ1n) is 10.6. The highest BCUT2D eigenvalue weighted by molar-refractivity contribution is 5.83. The molecule has 2 heterocycles. The Bertz CT molecular complexity index is 708. The maximum absolute atomic E-state index is 14.6. The van der Waals surface area contributed by atoms with Crippen molar-refractivity contribution in [3.05, 3.63) is 17.8 Å². The van der Waals surface area contributed by atoms with Gasteiger partial charge < -0.3 is 9.80 Å². The van der Waals surface area contributed by atoms with Crippen LogP contribution in [0, 0.1) is 29.0 Å². The molecular weight excluding hydrogens is 343 g/mol. The summed E-state index contributed by atoms with van der Waals surface area (Å²) in [6.07, 6.45) is 9.40. The van der Waals surface area contributed by atoms with Gasteiger partial charge >= 0.3 is 0 Å². The molecule has 0 atom stereocenters. The van der Waals surface area contributed by atoms with Crippen LogP contribution < -0.4 is 4.90 Å². The molecule has 1 aliphatic heterocycles. The number of amides is 1. The molecule has 146 valence electrons. The van der Waals surface area contributed by atoms with E-state index in [2.05, 4.69) is 14.9 Å². The van der Waals surface area contributed by atoms with Crippen molar-refractivity contribution in [2.45, 2.75) is 51.9 Å². The SMILES string of the molecule is CCc1ncnc(N2CCN(C(=O)C34CC5CC(CC(C5)C3)C4)CC2)c1F. The summed E-state index contributed by atoms with van der Waals surface area (Å²) in [6, 6.07) is 0. The van der Waals surface area contributed by atoms with Gasteiger partial charge in [-0.3, -0.25) is 4.79 Å². The summed E-state index contributed by atoms with van der Waals surface area (Å²) in [6.45, 7) is 4.54. The molecule has 0 spiro atoms. The van der Waals surface area contributed by atoms with E-state index in [1.165, 1.54) is 25.6 Å². The van der Waals surface area contributed by atoms with Crippen LogP contribution in [0.3, 0.4) is 0 Å². The summed E-state index contributed by atoms with van der Waals surface area (Å²) in [5.74, 6) is 2.82. The summed E-state index contributed by atoms with van der Waals surface area (Å²) in [7, 11) is 0. The highest BCUT2D eigenvalue weighted by atomic mass is 19.1. The molecular formula is C21H29FN4O. The monoisotopic (exact) mass is 372 g/mol. The van der Waals surface area contributed by atoms with E-state index >= 15 is 0 Å². The average Bonchev–Trinajstić information content (AvgIpc) is 2.67. The number of anilines is 1. The fourth-order valence-corrected chi connectivity index (χ4v) is 6.69. The van der Waals surface area contributed by atoms with Gasteiger partial charge in [-0.05, 0) is 62.7 Å². The van der Waals surface area contributed by atoms with Crippen LogP contribution in [0.15, 0.2) is 6.33 Å². The summed E-state index contributed by atoms with van der Waals surface area (Å²) < 4.78 is 14.6. The van der Waals surface area contributed by atoms with Crippen LogP contribution in [0.5, 0.6) is 0 Å². The lowest BCUT2D eigenvalue weighted by molar-refractivity contribution is -0.158. The molecule has 4 bridgehead atoms. The van der Waals surface area contributed by atoms with Crippen molar-refractivity contribution < 1.29 is 9.18 Å². The van der Waals surface area contributed by atoms with Gasteiger partial charge in [-0.15, -0.1) is 0 Å². The second kappa shape index (κ2) is 6.42. The number of hydrogen-bond donors (Lipinski definition) is 0. The van der Waals surface area contributed by atoms with Crippen molar-refractivity contribution >= 4 is 11.7 Å². The fraction of sp³-hybridized carbons (Fsp3) is 0.762. The molecule has 27 heavy (non-hydrogen) atoms. The Kier molecular flexibility index (Phi) is 4.13. The Morgan fingerprint density at radius 1 is 1.07 bits per heavy atom. The van der Waals surface area contributed by atoms with Gasteiger partial charge in [-0.1, -0.05) is 6.92 Å². The zero-order chi connectivity index (χ0) is 18.6. The van der Waals surface area contributed by atoms with Gasteiger partial charge in [-0.2, -0.15) is 0 Å². The fourth-order valence-electron chi connectivity index (χ4n) is 6.69. The first-order chi connectivity index (χ1) is 13.1. The summed E-state index contributed by atoms with van der Waals surface area (Å²) in [4.78, 5) is 25.7. The lowest BCUT2D eigenvalue weighted by Gasteiger charge is -2.57. The molecule has 5 nitrogen and oxygen atoms in total. The molecule has 0 aromatic carbocycles. The molecule has 0 unspecified atom stereocenters. The standard InChI is InChI=1S/C21H29FN4O/c1-2-17-18(22)19(24-13-23-17)25-3-5-26(6-4-25)20(27)21-10-14-7-15(11-21)9-16(8-14)12-21/h13-16H,2-12H2,1H3. The molecule has 0 N–H and O–H groups in total. The number of halogens is 1. The Hall–Kier alpha value is -1.72. The molecule has 1 aromatic heterocycles. The van der Waals surface area contributed by atoms with Crippen molar-refractivity contribution in [2.24, 2.45) is 23.2 Å². The Labute approximate surface area is 160 Å². The smallest absolute Gasteiger partial charge is 0.228 e. The molecule has 5 aliphatic rings. The predicted octanol–water partition coefficient (Wildman–Crippen LogP) is 3.04. The van der Waals surface area contributed by atoms with Crippen molar-refractivity contribution in [3.8, 4) is 0 Å². The number of rotatable bonds is 3.